The number of halogens is 4. The van der Waals surface area contributed by atoms with E-state index in [1.807, 2.05) is 24.3 Å². The quantitative estimate of drug-likeness (QED) is 0.466. The van der Waals surface area contributed by atoms with Gasteiger partial charge in [-0.1, -0.05) is 0 Å². The van der Waals surface area contributed by atoms with Crippen molar-refractivity contribution in [1.29, 1.82) is 0 Å². The summed E-state index contributed by atoms with van der Waals surface area (Å²) in [6.45, 7) is 0. The van der Waals surface area contributed by atoms with Gasteiger partial charge in [-0.15, -0.1) is 49.6 Å². The van der Waals surface area contributed by atoms with Gasteiger partial charge >= 0.3 is 113 Å². The molecule has 0 aliphatic rings. The Balaban J connectivity index is -0.000000722. The number of nitrogen functional groups attached to an aromatic ring is 2. The molecule has 4 N–H and O–H groups in total. The number of rotatable bonds is 1. The van der Waals surface area contributed by atoms with E-state index in [2.05, 4.69) is 12.1 Å². The van der Waals surface area contributed by atoms with Crippen LogP contribution in [0.4, 0.5) is 11.4 Å². The van der Waals surface area contributed by atoms with Gasteiger partial charge in [-0.2, -0.15) is 0 Å². The first-order valence-corrected chi connectivity index (χ1v) is 7.30. The molecule has 0 bridgehead atoms. The van der Waals surface area contributed by atoms with E-state index in [0.717, 1.165) is 11.4 Å². The number of hydrogen-bond acceptors (Lipinski definition) is 2. The summed E-state index contributed by atoms with van der Waals surface area (Å²) in [5, 5.41) is 0. The van der Waals surface area contributed by atoms with Crippen LogP contribution in [-0.2, 0) is 0 Å². The van der Waals surface area contributed by atoms with E-state index in [4.69, 9.17) is 11.5 Å². The number of hydrogen-bond donors (Lipinski definition) is 2. The molecule has 2 unspecified atom stereocenters. The zero-order valence-electron chi connectivity index (χ0n) is 10.4. The summed E-state index contributed by atoms with van der Waals surface area (Å²) in [4.78, 5) is 0. The Morgan fingerprint density at radius 2 is 0.900 bits per heavy atom. The molecule has 0 aromatic heterocycles. The summed E-state index contributed by atoms with van der Waals surface area (Å²) in [5.74, 6) is 0. The molecule has 2 rings (SSSR count). The van der Waals surface area contributed by atoms with Gasteiger partial charge in [0.1, 0.15) is 0 Å². The molecule has 2 aromatic rings. The Hall–Kier alpha value is 0.317. The van der Waals surface area contributed by atoms with E-state index < -0.39 is 0 Å². The van der Waals surface area contributed by atoms with Gasteiger partial charge in [0.05, 0.1) is 0 Å². The van der Waals surface area contributed by atoms with Gasteiger partial charge in [0.15, 0.2) is 0 Å². The Kier molecular flexibility index (Phi) is 13.9. The average Bonchev–Trinajstić information content (AvgIpc) is 2.19. The maximum absolute atomic E-state index is 5.76. The molecule has 2 aromatic carbocycles. The molecule has 0 radical (unpaired) electrons. The second-order valence-corrected chi connectivity index (χ2v) is 6.30. The molecule has 2 atom stereocenters. The van der Waals surface area contributed by atoms with Crippen molar-refractivity contribution in [2.24, 2.45) is 0 Å². The molecule has 114 valence electrons. The first-order chi connectivity index (χ1) is 7.58. The molecule has 8 heteroatoms. The predicted octanol–water partition coefficient (Wildman–Crippen LogP) is 0.722. The number of benzene rings is 2. The third-order valence-corrected chi connectivity index (χ3v) is 4.45. The molecule has 2 nitrogen and oxygen atoms in total. The van der Waals surface area contributed by atoms with Gasteiger partial charge < -0.3 is 0 Å². The third-order valence-electron chi connectivity index (χ3n) is 2.44. The fourth-order valence-corrected chi connectivity index (χ4v) is 3.52. The van der Waals surface area contributed by atoms with Crippen molar-refractivity contribution in [2.75, 3.05) is 11.5 Å². The van der Waals surface area contributed by atoms with Crippen LogP contribution in [0.2, 0.25) is 0 Å². The van der Waals surface area contributed by atoms with Crippen molar-refractivity contribution in [3.63, 3.8) is 0 Å². The Bertz CT molecular complexity index is 503. The molecule has 0 saturated carbocycles. The predicted molar refractivity (Wildman–Crippen MR) is 106 cm³/mol. The van der Waals surface area contributed by atoms with Crippen molar-refractivity contribution in [1.82, 2.24) is 0 Å². The Morgan fingerprint density at radius 1 is 0.600 bits per heavy atom. The summed E-state index contributed by atoms with van der Waals surface area (Å²) in [6.07, 6.45) is 0. The minimum atomic E-state index is 0. The first-order valence-electron chi connectivity index (χ1n) is 4.88. The standard InChI is InChI=1S/C12H14As2N2.4ClH/c13-11-5-7(15)1-3-9(11)10-4-2-8(16)6-12(10)14;;;;/h1-6H,13-16H2;4*1H. The van der Waals surface area contributed by atoms with Crippen LogP contribution in [0.5, 0.6) is 0 Å². The zero-order chi connectivity index (χ0) is 11.7. The molecule has 0 fully saturated rings. The van der Waals surface area contributed by atoms with Gasteiger partial charge in [-0.05, 0) is 0 Å². The zero-order valence-corrected chi connectivity index (χ0v) is 18.5. The summed E-state index contributed by atoms with van der Waals surface area (Å²) in [5.41, 5.74) is 15.7. The molecule has 0 aliphatic heterocycles. The number of nitrogens with two attached hydrogens (primary N) is 2. The molecule has 0 spiro atoms. The van der Waals surface area contributed by atoms with E-state index >= 15 is 0 Å². The summed E-state index contributed by atoms with van der Waals surface area (Å²) in [7, 11) is 0. The van der Waals surface area contributed by atoms with Crippen molar-refractivity contribution in [2.45, 2.75) is 0 Å². The fraction of sp³-hybridized carbons (Fsp3) is 0. The van der Waals surface area contributed by atoms with E-state index in [0.29, 0.717) is 0 Å². The summed E-state index contributed by atoms with van der Waals surface area (Å²) < 4.78 is 2.52. The van der Waals surface area contributed by atoms with Crippen LogP contribution in [0.15, 0.2) is 36.4 Å². The van der Waals surface area contributed by atoms with Gasteiger partial charge in [0.2, 0.25) is 0 Å². The van der Waals surface area contributed by atoms with Crippen LogP contribution in [0.25, 0.3) is 11.1 Å². The SMILES string of the molecule is Cl.Cl.Cl.Cl.Nc1ccc(-c2ccc(N)cc2[AsH2])c([AsH2])c1. The molecule has 20 heavy (non-hydrogen) atoms. The third kappa shape index (κ3) is 5.98. The van der Waals surface area contributed by atoms with Crippen molar-refractivity contribution >= 4 is 103 Å². The van der Waals surface area contributed by atoms with Crippen LogP contribution in [0, 0.1) is 0 Å². The normalized spacial score (nSPS) is 8.30. The molecular formula is C12H18As2Cl4N2. The maximum atomic E-state index is 5.76. The number of anilines is 2. The molecular weight excluding hydrogens is 464 g/mol. The van der Waals surface area contributed by atoms with Gasteiger partial charge in [0.25, 0.3) is 0 Å². The summed E-state index contributed by atoms with van der Waals surface area (Å²) in [6, 6.07) is 12.1. The van der Waals surface area contributed by atoms with Crippen LogP contribution in [0.3, 0.4) is 0 Å². The molecule has 0 amide bonds. The molecule has 0 heterocycles. The van der Waals surface area contributed by atoms with Crippen molar-refractivity contribution in [3.05, 3.63) is 36.4 Å². The van der Waals surface area contributed by atoms with E-state index in [9.17, 15) is 0 Å². The van der Waals surface area contributed by atoms with Crippen LogP contribution >= 0.6 is 49.6 Å². The van der Waals surface area contributed by atoms with Gasteiger partial charge in [0, 0.05) is 0 Å². The first kappa shape index (κ1) is 25.3. The fourth-order valence-electron chi connectivity index (χ4n) is 1.65. The van der Waals surface area contributed by atoms with Crippen LogP contribution < -0.4 is 20.2 Å². The Labute approximate surface area is 161 Å². The van der Waals surface area contributed by atoms with Gasteiger partial charge in [-0.25, -0.2) is 0 Å². The van der Waals surface area contributed by atoms with E-state index in [1.165, 1.54) is 19.8 Å². The minimum absolute atomic E-state index is 0. The van der Waals surface area contributed by atoms with Crippen molar-refractivity contribution < 1.29 is 0 Å². The van der Waals surface area contributed by atoms with Crippen LogP contribution in [0.1, 0.15) is 0 Å². The van der Waals surface area contributed by atoms with Gasteiger partial charge in [-0.3, -0.25) is 0 Å². The Morgan fingerprint density at radius 3 is 1.15 bits per heavy atom. The van der Waals surface area contributed by atoms with E-state index in [-0.39, 0.29) is 49.6 Å². The van der Waals surface area contributed by atoms with Crippen LogP contribution in [-0.4, -0.2) is 33.7 Å². The summed E-state index contributed by atoms with van der Waals surface area (Å²) >= 11 is 3.19. The second-order valence-electron chi connectivity index (χ2n) is 3.69. The van der Waals surface area contributed by atoms with Crippen molar-refractivity contribution in [3.8, 4) is 11.1 Å². The topological polar surface area (TPSA) is 52.0 Å². The second kappa shape index (κ2) is 11.0. The monoisotopic (exact) mass is 480 g/mol. The molecule has 0 saturated heterocycles. The van der Waals surface area contributed by atoms with E-state index in [1.54, 1.807) is 33.7 Å². The average molecular weight is 482 g/mol. The molecule has 0 aliphatic carbocycles.